The minimum absolute atomic E-state index is 0.164. The van der Waals surface area contributed by atoms with Crippen molar-refractivity contribution < 1.29 is 9.21 Å². The quantitative estimate of drug-likeness (QED) is 0.555. The van der Waals surface area contributed by atoms with Crippen LogP contribution in [0.15, 0.2) is 53.2 Å². The largest absolute Gasteiger partial charge is 0.450 e. The summed E-state index contributed by atoms with van der Waals surface area (Å²) in [5, 5.41) is 3.81. The maximum atomic E-state index is 12.9. The summed E-state index contributed by atoms with van der Waals surface area (Å²) >= 11 is 0. The Morgan fingerprint density at radius 2 is 1.87 bits per heavy atom. The Balaban J connectivity index is 1.55. The molecule has 7 nitrogen and oxygen atoms in total. The molecule has 4 aromatic rings. The van der Waals surface area contributed by atoms with Crippen LogP contribution in [0, 0.1) is 0 Å². The number of nitrogens with zero attached hydrogens (tertiary/aromatic N) is 4. The summed E-state index contributed by atoms with van der Waals surface area (Å²) < 4.78 is 6.14. The number of hydrogen-bond acceptors (Lipinski definition) is 6. The van der Waals surface area contributed by atoms with Crippen LogP contribution in [0.25, 0.3) is 22.1 Å². The van der Waals surface area contributed by atoms with Gasteiger partial charge in [-0.1, -0.05) is 31.0 Å². The highest BCUT2D eigenvalue weighted by Gasteiger charge is 2.23. The molecule has 1 fully saturated rings. The molecular weight excluding hydrogens is 378 g/mol. The molecule has 0 bridgehead atoms. The van der Waals surface area contributed by atoms with Crippen LogP contribution in [-0.4, -0.2) is 33.9 Å². The van der Waals surface area contributed by atoms with Crippen LogP contribution in [0.4, 0.5) is 5.82 Å². The first-order valence-electron chi connectivity index (χ1n) is 10.4. The number of aromatic nitrogens is 3. The summed E-state index contributed by atoms with van der Waals surface area (Å²) in [5.41, 5.74) is 3.02. The summed E-state index contributed by atoms with van der Waals surface area (Å²) in [4.78, 5) is 28.5. The van der Waals surface area contributed by atoms with Gasteiger partial charge in [-0.2, -0.15) is 0 Å². The molecule has 1 N–H and O–H groups in total. The van der Waals surface area contributed by atoms with Gasteiger partial charge in [-0.05, 0) is 36.6 Å². The van der Waals surface area contributed by atoms with Gasteiger partial charge in [0.1, 0.15) is 11.1 Å². The molecule has 0 spiro atoms. The number of furan rings is 1. The lowest BCUT2D eigenvalue weighted by molar-refractivity contribution is 0.0941. The van der Waals surface area contributed by atoms with Crippen molar-refractivity contribution in [1.82, 2.24) is 20.3 Å². The number of nitrogens with one attached hydrogen (secondary N) is 1. The second-order valence-electron chi connectivity index (χ2n) is 7.59. The molecule has 0 saturated carbocycles. The molecule has 152 valence electrons. The highest BCUT2D eigenvalue weighted by atomic mass is 16.3. The van der Waals surface area contributed by atoms with E-state index < -0.39 is 0 Å². The number of hydrogen-bond donors (Lipinski definition) is 1. The number of benzene rings is 1. The van der Waals surface area contributed by atoms with E-state index in [0.29, 0.717) is 23.5 Å². The molecule has 1 saturated heterocycles. The Morgan fingerprint density at radius 1 is 1.03 bits per heavy atom. The van der Waals surface area contributed by atoms with E-state index in [-0.39, 0.29) is 11.7 Å². The van der Waals surface area contributed by atoms with E-state index in [2.05, 4.69) is 25.2 Å². The normalized spacial score (nSPS) is 14.7. The predicted octanol–water partition coefficient (Wildman–Crippen LogP) is 4.08. The molecule has 1 amide bonds. The van der Waals surface area contributed by atoms with Crippen LogP contribution in [0.5, 0.6) is 0 Å². The Bertz CT molecular complexity index is 1180. The van der Waals surface area contributed by atoms with Crippen LogP contribution < -0.4 is 10.2 Å². The van der Waals surface area contributed by atoms with Crippen LogP contribution in [0.1, 0.15) is 41.9 Å². The average molecular weight is 401 g/mol. The molecule has 0 aliphatic carbocycles. The molecule has 5 rings (SSSR count). The van der Waals surface area contributed by atoms with Gasteiger partial charge in [0, 0.05) is 37.4 Å². The SMILES string of the molecule is O=C(NCc1cccnc1)c1nc(N2CCCCCC2)c2oc3ccccc3c2n1. The number of carbonyl (C=O) groups is 1. The highest BCUT2D eigenvalue weighted by Crippen LogP contribution is 2.33. The van der Waals surface area contributed by atoms with Crippen molar-refractivity contribution in [2.24, 2.45) is 0 Å². The first-order valence-corrected chi connectivity index (χ1v) is 10.4. The standard InChI is InChI=1S/C23H23N5O2/c29-23(25-15-16-8-7-11-24-14-16)21-26-19-17-9-3-4-10-18(17)30-20(19)22(27-21)28-12-5-1-2-6-13-28/h3-4,7-11,14H,1-2,5-6,12-13,15H2,(H,25,29). The molecular formula is C23H23N5O2. The Kier molecular flexibility index (Phi) is 5.01. The molecule has 0 atom stereocenters. The summed E-state index contributed by atoms with van der Waals surface area (Å²) in [6.45, 7) is 2.18. The zero-order valence-electron chi connectivity index (χ0n) is 16.7. The van der Waals surface area contributed by atoms with Crippen LogP contribution in [0.3, 0.4) is 0 Å². The number of pyridine rings is 1. The van der Waals surface area contributed by atoms with E-state index in [1.807, 2.05) is 36.4 Å². The molecule has 0 radical (unpaired) electrons. The minimum Gasteiger partial charge on any atom is -0.450 e. The van der Waals surface area contributed by atoms with E-state index in [4.69, 9.17) is 4.42 Å². The number of fused-ring (bicyclic) bond motifs is 3. The topological polar surface area (TPSA) is 84.2 Å². The average Bonchev–Trinajstić information content (AvgIpc) is 2.96. The Morgan fingerprint density at radius 3 is 2.67 bits per heavy atom. The molecule has 4 heterocycles. The molecule has 3 aromatic heterocycles. The summed E-state index contributed by atoms with van der Waals surface area (Å²) in [6.07, 6.45) is 8.07. The maximum Gasteiger partial charge on any atom is 0.289 e. The van der Waals surface area contributed by atoms with Crippen molar-refractivity contribution in [2.75, 3.05) is 18.0 Å². The fourth-order valence-corrected chi connectivity index (χ4v) is 3.94. The van der Waals surface area contributed by atoms with Crippen LogP contribution in [-0.2, 0) is 6.54 Å². The van der Waals surface area contributed by atoms with Crippen LogP contribution in [0.2, 0.25) is 0 Å². The molecule has 1 aliphatic heterocycles. The van der Waals surface area contributed by atoms with Crippen LogP contribution >= 0.6 is 0 Å². The third-order valence-electron chi connectivity index (χ3n) is 5.49. The smallest absolute Gasteiger partial charge is 0.289 e. The van der Waals surface area contributed by atoms with Gasteiger partial charge in [0.2, 0.25) is 5.82 Å². The highest BCUT2D eigenvalue weighted by molar-refractivity contribution is 6.07. The third-order valence-corrected chi connectivity index (χ3v) is 5.49. The van der Waals surface area contributed by atoms with Gasteiger partial charge in [-0.15, -0.1) is 0 Å². The summed E-state index contributed by atoms with van der Waals surface area (Å²) in [5.74, 6) is 0.573. The molecule has 1 aliphatic rings. The predicted molar refractivity (Wildman–Crippen MR) is 115 cm³/mol. The van der Waals surface area contributed by atoms with Gasteiger partial charge in [0.05, 0.1) is 0 Å². The van der Waals surface area contributed by atoms with Crippen molar-refractivity contribution in [1.29, 1.82) is 0 Å². The molecule has 30 heavy (non-hydrogen) atoms. The minimum atomic E-state index is -0.304. The first-order chi connectivity index (χ1) is 14.8. The lowest BCUT2D eigenvalue weighted by atomic mass is 10.2. The van der Waals surface area contributed by atoms with E-state index in [9.17, 15) is 4.79 Å². The van der Waals surface area contributed by atoms with Crippen molar-refractivity contribution >= 4 is 33.8 Å². The fraction of sp³-hybridized carbons (Fsp3) is 0.304. The zero-order valence-corrected chi connectivity index (χ0v) is 16.7. The summed E-state index contributed by atoms with van der Waals surface area (Å²) in [6, 6.07) is 11.5. The monoisotopic (exact) mass is 401 g/mol. The van der Waals surface area contributed by atoms with Gasteiger partial charge in [-0.3, -0.25) is 9.78 Å². The van der Waals surface area contributed by atoms with Crippen molar-refractivity contribution in [3.8, 4) is 0 Å². The fourth-order valence-electron chi connectivity index (χ4n) is 3.94. The Hall–Kier alpha value is -3.48. The number of carbonyl (C=O) groups excluding carboxylic acids is 1. The van der Waals surface area contributed by atoms with Gasteiger partial charge in [-0.25, -0.2) is 9.97 Å². The van der Waals surface area contributed by atoms with Crippen molar-refractivity contribution in [2.45, 2.75) is 32.2 Å². The van der Waals surface area contributed by atoms with E-state index in [0.717, 1.165) is 42.5 Å². The molecule has 7 heteroatoms. The lowest BCUT2D eigenvalue weighted by Crippen LogP contribution is -2.29. The van der Waals surface area contributed by atoms with E-state index in [1.54, 1.807) is 12.4 Å². The number of para-hydroxylation sites is 1. The molecule has 1 aromatic carbocycles. The van der Waals surface area contributed by atoms with Crippen molar-refractivity contribution in [3.05, 3.63) is 60.2 Å². The number of rotatable bonds is 4. The first kappa shape index (κ1) is 18.5. The Labute approximate surface area is 174 Å². The third kappa shape index (κ3) is 3.58. The zero-order chi connectivity index (χ0) is 20.3. The van der Waals surface area contributed by atoms with E-state index in [1.165, 1.54) is 12.8 Å². The van der Waals surface area contributed by atoms with E-state index >= 15 is 0 Å². The van der Waals surface area contributed by atoms with Crippen molar-refractivity contribution in [3.63, 3.8) is 0 Å². The lowest BCUT2D eigenvalue weighted by Gasteiger charge is -2.21. The number of anilines is 1. The van der Waals surface area contributed by atoms with Gasteiger partial charge >= 0.3 is 0 Å². The van der Waals surface area contributed by atoms with Gasteiger partial charge < -0.3 is 14.6 Å². The molecule has 0 unspecified atom stereocenters. The van der Waals surface area contributed by atoms with Gasteiger partial charge in [0.25, 0.3) is 5.91 Å². The summed E-state index contributed by atoms with van der Waals surface area (Å²) in [7, 11) is 0. The maximum absolute atomic E-state index is 12.9. The number of amides is 1. The second kappa shape index (κ2) is 8.10. The van der Waals surface area contributed by atoms with Gasteiger partial charge in [0.15, 0.2) is 11.4 Å². The second-order valence-corrected chi connectivity index (χ2v) is 7.59.